The molecule has 0 aromatic carbocycles. The van der Waals surface area contributed by atoms with Gasteiger partial charge < -0.3 is 5.32 Å². The maximum atomic E-state index is 11.9. The van der Waals surface area contributed by atoms with Crippen LogP contribution in [0.15, 0.2) is 30.6 Å². The van der Waals surface area contributed by atoms with E-state index in [-0.39, 0.29) is 11.8 Å². The number of carbonyl (C=O) groups is 1. The van der Waals surface area contributed by atoms with Crippen molar-refractivity contribution in [3.63, 3.8) is 0 Å². The number of carbonyl (C=O) groups excluding carboxylic acids is 1. The van der Waals surface area contributed by atoms with Crippen LogP contribution in [0.2, 0.25) is 0 Å². The second-order valence-corrected chi connectivity index (χ2v) is 4.04. The Hall–Kier alpha value is -2.24. The van der Waals surface area contributed by atoms with Gasteiger partial charge in [0, 0.05) is 11.9 Å². The molecule has 6 heteroatoms. The average Bonchev–Trinajstić information content (AvgIpc) is 2.73. The predicted molar refractivity (Wildman–Crippen MR) is 60.0 cm³/mol. The summed E-state index contributed by atoms with van der Waals surface area (Å²) < 4.78 is 1.61. The first-order chi connectivity index (χ1) is 8.25. The van der Waals surface area contributed by atoms with Gasteiger partial charge in [-0.3, -0.25) is 4.79 Å². The van der Waals surface area contributed by atoms with Crippen molar-refractivity contribution in [3.8, 4) is 0 Å². The Balaban J connectivity index is 2.04. The standard InChI is InChI=1S/C11H11N5O/c1-7-4-5-8(11(17)13-7)10-15-14-9-3-2-6-12-16(9)10/h2-3,6,8H,1,4-5H2,(H,13,17). The first-order valence-corrected chi connectivity index (χ1v) is 5.40. The van der Waals surface area contributed by atoms with Crippen LogP contribution < -0.4 is 5.32 Å². The molecule has 1 unspecified atom stereocenters. The number of piperidine rings is 1. The topological polar surface area (TPSA) is 72.2 Å². The van der Waals surface area contributed by atoms with Crippen LogP contribution in [0.3, 0.4) is 0 Å². The second-order valence-electron chi connectivity index (χ2n) is 4.04. The van der Waals surface area contributed by atoms with Crippen molar-refractivity contribution in [1.82, 2.24) is 25.1 Å². The van der Waals surface area contributed by atoms with Crippen molar-refractivity contribution in [2.24, 2.45) is 0 Å². The summed E-state index contributed by atoms with van der Waals surface area (Å²) in [4.78, 5) is 11.9. The SMILES string of the molecule is C=C1CCC(c2nnc3cccnn23)C(=O)N1. The van der Waals surface area contributed by atoms with Gasteiger partial charge in [0.05, 0.1) is 0 Å². The zero-order valence-electron chi connectivity index (χ0n) is 9.13. The van der Waals surface area contributed by atoms with Gasteiger partial charge in [-0.1, -0.05) is 6.58 Å². The van der Waals surface area contributed by atoms with Gasteiger partial charge in [-0.25, -0.2) is 0 Å². The summed E-state index contributed by atoms with van der Waals surface area (Å²) in [5, 5.41) is 14.9. The number of nitrogens with zero attached hydrogens (tertiary/aromatic N) is 4. The lowest BCUT2D eigenvalue weighted by Crippen LogP contribution is -2.34. The highest BCUT2D eigenvalue weighted by Gasteiger charge is 2.29. The molecule has 0 saturated carbocycles. The van der Waals surface area contributed by atoms with Crippen LogP contribution in [0.4, 0.5) is 0 Å². The maximum absolute atomic E-state index is 11.9. The van der Waals surface area contributed by atoms with E-state index >= 15 is 0 Å². The first kappa shape index (κ1) is 9.95. The number of hydrogen-bond donors (Lipinski definition) is 1. The molecule has 1 aliphatic rings. The Kier molecular flexibility index (Phi) is 2.14. The molecule has 86 valence electrons. The molecule has 3 heterocycles. The zero-order chi connectivity index (χ0) is 11.8. The lowest BCUT2D eigenvalue weighted by molar-refractivity contribution is -0.123. The molecule has 0 radical (unpaired) electrons. The second kappa shape index (κ2) is 3.65. The van der Waals surface area contributed by atoms with Crippen molar-refractivity contribution in [1.29, 1.82) is 0 Å². The number of allylic oxidation sites excluding steroid dienone is 1. The molecule has 17 heavy (non-hydrogen) atoms. The molecule has 1 fully saturated rings. The molecule has 1 aliphatic heterocycles. The fourth-order valence-electron chi connectivity index (χ4n) is 2.00. The summed E-state index contributed by atoms with van der Waals surface area (Å²) in [6.07, 6.45) is 3.11. The number of hydrogen-bond acceptors (Lipinski definition) is 4. The fraction of sp³-hybridized carbons (Fsp3) is 0.273. The molecule has 1 atom stereocenters. The number of aromatic nitrogens is 4. The molecule has 1 N–H and O–H groups in total. The van der Waals surface area contributed by atoms with Gasteiger partial charge in [0.15, 0.2) is 11.5 Å². The Morgan fingerprint density at radius 2 is 2.35 bits per heavy atom. The van der Waals surface area contributed by atoms with Gasteiger partial charge in [-0.05, 0) is 25.0 Å². The van der Waals surface area contributed by atoms with Crippen LogP contribution in [0, 0.1) is 0 Å². The highest BCUT2D eigenvalue weighted by atomic mass is 16.2. The summed E-state index contributed by atoms with van der Waals surface area (Å²) in [6.45, 7) is 3.75. The van der Waals surface area contributed by atoms with E-state index < -0.39 is 0 Å². The van der Waals surface area contributed by atoms with E-state index in [0.717, 1.165) is 12.1 Å². The number of rotatable bonds is 1. The Morgan fingerprint density at radius 3 is 3.18 bits per heavy atom. The number of nitrogens with one attached hydrogen (secondary N) is 1. The monoisotopic (exact) mass is 229 g/mol. The van der Waals surface area contributed by atoms with Crippen molar-refractivity contribution in [2.75, 3.05) is 0 Å². The summed E-state index contributed by atoms with van der Waals surface area (Å²) in [6, 6.07) is 3.60. The lowest BCUT2D eigenvalue weighted by atomic mass is 9.96. The van der Waals surface area contributed by atoms with Crippen LogP contribution in [0.1, 0.15) is 24.6 Å². The Bertz CT molecular complexity index is 603. The molecule has 1 amide bonds. The van der Waals surface area contributed by atoms with Gasteiger partial charge >= 0.3 is 0 Å². The molecule has 2 aromatic heterocycles. The maximum Gasteiger partial charge on any atom is 0.234 e. The van der Waals surface area contributed by atoms with Crippen LogP contribution in [-0.2, 0) is 4.79 Å². The number of amides is 1. The van der Waals surface area contributed by atoms with E-state index in [2.05, 4.69) is 27.2 Å². The molecule has 2 aromatic rings. The fourth-order valence-corrected chi connectivity index (χ4v) is 2.00. The summed E-state index contributed by atoms with van der Waals surface area (Å²) >= 11 is 0. The van der Waals surface area contributed by atoms with E-state index in [4.69, 9.17) is 0 Å². The van der Waals surface area contributed by atoms with Crippen molar-refractivity contribution in [2.45, 2.75) is 18.8 Å². The van der Waals surface area contributed by atoms with Gasteiger partial charge in [-0.15, -0.1) is 10.2 Å². The summed E-state index contributed by atoms with van der Waals surface area (Å²) in [5.74, 6) is 0.206. The summed E-state index contributed by atoms with van der Waals surface area (Å²) in [5.41, 5.74) is 1.41. The van der Waals surface area contributed by atoms with Crippen LogP contribution in [-0.4, -0.2) is 25.7 Å². The minimum atomic E-state index is -0.301. The van der Waals surface area contributed by atoms with Crippen molar-refractivity contribution >= 4 is 11.6 Å². The summed E-state index contributed by atoms with van der Waals surface area (Å²) in [7, 11) is 0. The third kappa shape index (κ3) is 1.57. The van der Waals surface area contributed by atoms with Gasteiger partial charge in [-0.2, -0.15) is 9.61 Å². The number of fused-ring (bicyclic) bond motifs is 1. The molecule has 1 saturated heterocycles. The zero-order valence-corrected chi connectivity index (χ0v) is 9.13. The lowest BCUT2D eigenvalue weighted by Gasteiger charge is -2.21. The highest BCUT2D eigenvalue weighted by Crippen LogP contribution is 2.25. The Labute approximate surface area is 97.4 Å². The average molecular weight is 229 g/mol. The Morgan fingerprint density at radius 1 is 1.47 bits per heavy atom. The quantitative estimate of drug-likeness (QED) is 0.778. The van der Waals surface area contributed by atoms with E-state index in [0.29, 0.717) is 17.9 Å². The van der Waals surface area contributed by atoms with Gasteiger partial charge in [0.2, 0.25) is 5.91 Å². The van der Waals surface area contributed by atoms with E-state index in [1.54, 1.807) is 16.8 Å². The molecular weight excluding hydrogens is 218 g/mol. The minimum Gasteiger partial charge on any atom is -0.330 e. The third-order valence-corrected chi connectivity index (χ3v) is 2.87. The minimum absolute atomic E-state index is 0.0822. The molecule has 0 spiro atoms. The van der Waals surface area contributed by atoms with Crippen LogP contribution in [0.5, 0.6) is 0 Å². The van der Waals surface area contributed by atoms with E-state index in [1.165, 1.54) is 0 Å². The van der Waals surface area contributed by atoms with Gasteiger partial charge in [0.1, 0.15) is 5.92 Å². The third-order valence-electron chi connectivity index (χ3n) is 2.87. The van der Waals surface area contributed by atoms with Crippen molar-refractivity contribution < 1.29 is 4.79 Å². The molecule has 0 aliphatic carbocycles. The molecule has 0 bridgehead atoms. The first-order valence-electron chi connectivity index (χ1n) is 5.40. The van der Waals surface area contributed by atoms with E-state index in [9.17, 15) is 4.79 Å². The van der Waals surface area contributed by atoms with Gasteiger partial charge in [0.25, 0.3) is 0 Å². The largest absolute Gasteiger partial charge is 0.330 e. The molecular formula is C11H11N5O. The predicted octanol–water partition coefficient (Wildman–Crippen LogP) is 0.632. The smallest absolute Gasteiger partial charge is 0.234 e. The normalized spacial score (nSPS) is 20.6. The molecule has 3 rings (SSSR count). The van der Waals surface area contributed by atoms with Crippen LogP contribution >= 0.6 is 0 Å². The van der Waals surface area contributed by atoms with Crippen molar-refractivity contribution in [3.05, 3.63) is 36.4 Å². The van der Waals surface area contributed by atoms with Crippen LogP contribution in [0.25, 0.3) is 5.65 Å². The molecule has 6 nitrogen and oxygen atoms in total. The van der Waals surface area contributed by atoms with E-state index in [1.807, 2.05) is 6.07 Å². The highest BCUT2D eigenvalue weighted by molar-refractivity contribution is 5.85.